The van der Waals surface area contributed by atoms with Crippen LogP contribution in [-0.4, -0.2) is 47.7 Å². The van der Waals surface area contributed by atoms with Gasteiger partial charge < -0.3 is 19.7 Å². The largest absolute Gasteiger partial charge is 0.459 e. The zero-order valence-corrected chi connectivity index (χ0v) is 18.9. The number of piperidine rings is 1. The van der Waals surface area contributed by atoms with E-state index in [0.29, 0.717) is 43.6 Å². The first-order valence-corrected chi connectivity index (χ1v) is 10.4. The van der Waals surface area contributed by atoms with Gasteiger partial charge >= 0.3 is 12.1 Å². The van der Waals surface area contributed by atoms with Crippen molar-refractivity contribution < 1.29 is 23.9 Å². The summed E-state index contributed by atoms with van der Waals surface area (Å²) in [4.78, 5) is 38.2. The molecule has 0 unspecified atom stereocenters. The van der Waals surface area contributed by atoms with Crippen LogP contribution >= 0.6 is 0 Å². The van der Waals surface area contributed by atoms with E-state index in [-0.39, 0.29) is 23.5 Å². The minimum Gasteiger partial charge on any atom is -0.459 e. The topological polar surface area (TPSA) is 84.9 Å². The molecule has 0 spiro atoms. The van der Waals surface area contributed by atoms with E-state index in [9.17, 15) is 14.4 Å². The Labute approximate surface area is 179 Å². The molecule has 1 heterocycles. The molecule has 7 nitrogen and oxygen atoms in total. The lowest BCUT2D eigenvalue weighted by Crippen LogP contribution is -2.43. The third-order valence-corrected chi connectivity index (χ3v) is 4.46. The Kier molecular flexibility index (Phi) is 7.50. The van der Waals surface area contributed by atoms with Crippen LogP contribution in [0.1, 0.15) is 71.2 Å². The number of nitrogens with one attached hydrogen (secondary N) is 1. The maximum absolute atomic E-state index is 12.4. The standard InChI is InChI=1S/C23H34N2O5/c1-22(2,3)15-19(26)24-17-9-7-16(8-10-17)20(27)29-18-11-13-25(14-12-18)21(28)30-23(4,5)6/h7-10,18H,11-15H2,1-6H3,(H,24,26). The van der Waals surface area contributed by atoms with Crippen molar-refractivity contribution in [3.63, 3.8) is 0 Å². The third-order valence-electron chi connectivity index (χ3n) is 4.46. The molecular weight excluding hydrogens is 384 g/mol. The molecule has 0 bridgehead atoms. The van der Waals surface area contributed by atoms with Crippen molar-refractivity contribution in [3.8, 4) is 0 Å². The van der Waals surface area contributed by atoms with Gasteiger partial charge in [0.25, 0.3) is 0 Å². The maximum Gasteiger partial charge on any atom is 0.410 e. The molecular formula is C23H34N2O5. The second kappa shape index (κ2) is 9.49. The van der Waals surface area contributed by atoms with Gasteiger partial charge in [0.1, 0.15) is 11.7 Å². The first kappa shape index (κ1) is 23.7. The maximum atomic E-state index is 12.4. The number of carbonyl (C=O) groups is 3. The fraction of sp³-hybridized carbons (Fsp3) is 0.609. The van der Waals surface area contributed by atoms with Crippen LogP contribution in [0, 0.1) is 5.41 Å². The summed E-state index contributed by atoms with van der Waals surface area (Å²) in [5, 5.41) is 2.84. The van der Waals surface area contributed by atoms with E-state index in [2.05, 4.69) is 5.32 Å². The van der Waals surface area contributed by atoms with Gasteiger partial charge in [-0.2, -0.15) is 0 Å². The number of nitrogens with zero attached hydrogens (tertiary/aromatic N) is 1. The van der Waals surface area contributed by atoms with E-state index in [1.807, 2.05) is 41.5 Å². The predicted molar refractivity (Wildman–Crippen MR) is 115 cm³/mol. The van der Waals surface area contributed by atoms with Crippen LogP contribution in [0.15, 0.2) is 24.3 Å². The molecule has 1 aromatic carbocycles. The van der Waals surface area contributed by atoms with E-state index < -0.39 is 11.6 Å². The molecule has 1 aliphatic heterocycles. The number of anilines is 1. The lowest BCUT2D eigenvalue weighted by Gasteiger charge is -2.33. The van der Waals surface area contributed by atoms with Gasteiger partial charge in [-0.3, -0.25) is 4.79 Å². The molecule has 1 aliphatic rings. The molecule has 1 N–H and O–H groups in total. The SMILES string of the molecule is CC(C)(C)CC(=O)Nc1ccc(C(=O)OC2CCN(C(=O)OC(C)(C)C)CC2)cc1. The molecule has 0 aromatic heterocycles. The molecule has 0 radical (unpaired) electrons. The molecule has 30 heavy (non-hydrogen) atoms. The van der Waals surface area contributed by atoms with E-state index in [4.69, 9.17) is 9.47 Å². The Morgan fingerprint density at radius 2 is 1.57 bits per heavy atom. The van der Waals surface area contributed by atoms with Gasteiger partial charge in [-0.1, -0.05) is 20.8 Å². The second-order valence-electron chi connectivity index (χ2n) is 9.94. The number of amides is 2. The molecule has 1 saturated heterocycles. The van der Waals surface area contributed by atoms with Crippen LogP contribution in [-0.2, 0) is 14.3 Å². The molecule has 0 saturated carbocycles. The average molecular weight is 419 g/mol. The average Bonchev–Trinajstić information content (AvgIpc) is 2.59. The van der Waals surface area contributed by atoms with Crippen molar-refractivity contribution in [3.05, 3.63) is 29.8 Å². The van der Waals surface area contributed by atoms with Gasteiger partial charge in [0.2, 0.25) is 5.91 Å². The quantitative estimate of drug-likeness (QED) is 0.721. The Morgan fingerprint density at radius 3 is 2.07 bits per heavy atom. The molecule has 0 atom stereocenters. The summed E-state index contributed by atoms with van der Waals surface area (Å²) in [6.45, 7) is 12.5. The fourth-order valence-corrected chi connectivity index (χ4v) is 3.08. The number of hydrogen-bond acceptors (Lipinski definition) is 5. The van der Waals surface area contributed by atoms with E-state index >= 15 is 0 Å². The van der Waals surface area contributed by atoms with Crippen LogP contribution in [0.4, 0.5) is 10.5 Å². The molecule has 0 aliphatic carbocycles. The summed E-state index contributed by atoms with van der Waals surface area (Å²) < 4.78 is 11.0. The van der Waals surface area contributed by atoms with Gasteiger partial charge in [0.05, 0.1) is 5.56 Å². The van der Waals surface area contributed by atoms with Gasteiger partial charge in [0, 0.05) is 38.0 Å². The number of benzene rings is 1. The lowest BCUT2D eigenvalue weighted by atomic mass is 9.92. The molecule has 2 amide bonds. The van der Waals surface area contributed by atoms with Crippen LogP contribution in [0.25, 0.3) is 0 Å². The van der Waals surface area contributed by atoms with Crippen LogP contribution in [0.2, 0.25) is 0 Å². The van der Waals surface area contributed by atoms with Crippen LogP contribution < -0.4 is 5.32 Å². The van der Waals surface area contributed by atoms with Crippen LogP contribution in [0.3, 0.4) is 0 Å². The van der Waals surface area contributed by atoms with Crippen molar-refractivity contribution in [1.29, 1.82) is 0 Å². The third kappa shape index (κ3) is 8.05. The smallest absolute Gasteiger partial charge is 0.410 e. The minimum atomic E-state index is -0.529. The fourth-order valence-electron chi connectivity index (χ4n) is 3.08. The number of carbonyl (C=O) groups excluding carboxylic acids is 3. The number of likely N-dealkylation sites (tertiary alicyclic amines) is 1. The second-order valence-corrected chi connectivity index (χ2v) is 9.94. The van der Waals surface area contributed by atoms with Crippen molar-refractivity contribution in [2.45, 2.75) is 72.5 Å². The molecule has 166 valence electrons. The first-order valence-electron chi connectivity index (χ1n) is 10.4. The Balaban J connectivity index is 1.81. The number of hydrogen-bond donors (Lipinski definition) is 1. The highest BCUT2D eigenvalue weighted by atomic mass is 16.6. The summed E-state index contributed by atoms with van der Waals surface area (Å²) in [5.74, 6) is -0.465. The van der Waals surface area contributed by atoms with E-state index in [1.54, 1.807) is 29.2 Å². The van der Waals surface area contributed by atoms with Crippen molar-refractivity contribution in [1.82, 2.24) is 4.90 Å². The van der Waals surface area contributed by atoms with Gasteiger partial charge in [-0.25, -0.2) is 9.59 Å². The lowest BCUT2D eigenvalue weighted by molar-refractivity contribution is -0.117. The first-order chi connectivity index (χ1) is 13.8. The van der Waals surface area contributed by atoms with Crippen molar-refractivity contribution in [2.24, 2.45) is 5.41 Å². The Hall–Kier alpha value is -2.57. The Bertz CT molecular complexity index is 751. The summed E-state index contributed by atoms with van der Waals surface area (Å²) >= 11 is 0. The van der Waals surface area contributed by atoms with E-state index in [1.165, 1.54) is 0 Å². The minimum absolute atomic E-state index is 0.0606. The molecule has 1 aromatic rings. The van der Waals surface area contributed by atoms with Crippen molar-refractivity contribution >= 4 is 23.7 Å². The highest BCUT2D eigenvalue weighted by molar-refractivity contribution is 5.93. The Morgan fingerprint density at radius 1 is 1.00 bits per heavy atom. The summed E-state index contributed by atoms with van der Waals surface area (Å²) in [5.41, 5.74) is 0.455. The summed E-state index contributed by atoms with van der Waals surface area (Å²) in [6, 6.07) is 6.68. The van der Waals surface area contributed by atoms with Gasteiger partial charge in [-0.15, -0.1) is 0 Å². The van der Waals surface area contributed by atoms with E-state index in [0.717, 1.165) is 0 Å². The van der Waals surface area contributed by atoms with Crippen molar-refractivity contribution in [2.75, 3.05) is 18.4 Å². The summed E-state index contributed by atoms with van der Waals surface area (Å²) in [6.07, 6.45) is 0.995. The number of esters is 1. The van der Waals surface area contributed by atoms with Gasteiger partial charge in [-0.05, 0) is 50.5 Å². The molecule has 1 fully saturated rings. The van der Waals surface area contributed by atoms with Gasteiger partial charge in [0.15, 0.2) is 0 Å². The van der Waals surface area contributed by atoms with Crippen LogP contribution in [0.5, 0.6) is 0 Å². The molecule has 7 heteroatoms. The number of rotatable bonds is 4. The number of ether oxygens (including phenoxy) is 2. The summed E-state index contributed by atoms with van der Waals surface area (Å²) in [7, 11) is 0. The normalized spacial score (nSPS) is 15.5. The molecule has 2 rings (SSSR count). The predicted octanol–water partition coefficient (Wildman–Crippen LogP) is 4.62. The zero-order chi connectivity index (χ0) is 22.5. The zero-order valence-electron chi connectivity index (χ0n) is 18.9. The highest BCUT2D eigenvalue weighted by Crippen LogP contribution is 2.21. The monoisotopic (exact) mass is 418 g/mol. The highest BCUT2D eigenvalue weighted by Gasteiger charge is 2.28.